The Morgan fingerprint density at radius 3 is 2.25 bits per heavy atom. The van der Waals surface area contributed by atoms with E-state index < -0.39 is 24.0 Å². The molecule has 0 fully saturated rings. The maximum atomic E-state index is 12.7. The van der Waals surface area contributed by atoms with E-state index in [0.717, 1.165) is 18.4 Å². The van der Waals surface area contributed by atoms with E-state index in [1.807, 2.05) is 20.8 Å². The highest BCUT2D eigenvalue weighted by molar-refractivity contribution is 5.90. The normalized spacial score (nSPS) is 12.9. The van der Waals surface area contributed by atoms with Crippen LogP contribution in [-0.4, -0.2) is 41.6 Å². The number of phenols is 1. The number of hydrogen-bond acceptors (Lipinski definition) is 5. The molecule has 0 heterocycles. The van der Waals surface area contributed by atoms with Crippen molar-refractivity contribution in [3.05, 3.63) is 29.8 Å². The molecule has 2 amide bonds. The Kier molecular flexibility index (Phi) is 10.1. The zero-order valence-electron chi connectivity index (χ0n) is 17.2. The summed E-state index contributed by atoms with van der Waals surface area (Å²) in [6, 6.07) is 4.83. The molecule has 1 aromatic rings. The number of nitrogens with one attached hydrogen (secondary N) is 2. The minimum Gasteiger partial charge on any atom is -0.508 e. The molecule has 1 rings (SSSR count). The van der Waals surface area contributed by atoms with Crippen molar-refractivity contribution >= 4 is 17.8 Å². The third-order valence-corrected chi connectivity index (χ3v) is 4.12. The second-order valence-corrected chi connectivity index (χ2v) is 7.34. The first kappa shape index (κ1) is 23.5. The lowest BCUT2D eigenvalue weighted by Gasteiger charge is -2.23. The van der Waals surface area contributed by atoms with Gasteiger partial charge in [-0.2, -0.15) is 0 Å². The molecule has 0 aliphatic heterocycles. The first-order chi connectivity index (χ1) is 13.2. The van der Waals surface area contributed by atoms with Crippen molar-refractivity contribution in [1.82, 2.24) is 10.6 Å². The van der Waals surface area contributed by atoms with E-state index >= 15 is 0 Å². The lowest BCUT2D eigenvalue weighted by Crippen LogP contribution is -2.52. The minimum atomic E-state index is -0.877. The number of amides is 2. The second-order valence-electron chi connectivity index (χ2n) is 7.34. The summed E-state index contributed by atoms with van der Waals surface area (Å²) in [5, 5.41) is 14.8. The van der Waals surface area contributed by atoms with Crippen LogP contribution in [0.1, 0.15) is 52.5 Å². The quantitative estimate of drug-likeness (QED) is 0.396. The third kappa shape index (κ3) is 8.88. The number of phenolic OH excluding ortho intramolecular Hbond substituents is 1. The maximum absolute atomic E-state index is 12.7. The zero-order chi connectivity index (χ0) is 21.1. The first-order valence-electron chi connectivity index (χ1n) is 9.74. The van der Waals surface area contributed by atoms with Gasteiger partial charge in [0.1, 0.15) is 17.8 Å². The molecule has 0 aliphatic rings. The molecule has 7 heteroatoms. The summed E-state index contributed by atoms with van der Waals surface area (Å²) in [4.78, 5) is 36.7. The van der Waals surface area contributed by atoms with Gasteiger partial charge in [0.05, 0.1) is 6.61 Å². The number of esters is 1. The van der Waals surface area contributed by atoms with Crippen molar-refractivity contribution in [3.8, 4) is 5.75 Å². The largest absolute Gasteiger partial charge is 0.508 e. The fourth-order valence-electron chi connectivity index (χ4n) is 2.70. The Balaban J connectivity index is 2.91. The van der Waals surface area contributed by atoms with Crippen molar-refractivity contribution in [3.63, 3.8) is 0 Å². The molecule has 3 N–H and O–H groups in total. The molecule has 0 spiro atoms. The van der Waals surface area contributed by atoms with Gasteiger partial charge in [0.2, 0.25) is 11.8 Å². The van der Waals surface area contributed by atoms with Crippen LogP contribution in [0.2, 0.25) is 0 Å². The van der Waals surface area contributed by atoms with Gasteiger partial charge < -0.3 is 20.5 Å². The van der Waals surface area contributed by atoms with Crippen molar-refractivity contribution in [2.24, 2.45) is 5.92 Å². The van der Waals surface area contributed by atoms with E-state index in [2.05, 4.69) is 10.6 Å². The lowest BCUT2D eigenvalue weighted by molar-refractivity contribution is -0.148. The lowest BCUT2D eigenvalue weighted by atomic mass is 10.0. The molecule has 28 heavy (non-hydrogen) atoms. The van der Waals surface area contributed by atoms with Crippen molar-refractivity contribution < 1.29 is 24.2 Å². The zero-order valence-corrected chi connectivity index (χ0v) is 17.2. The van der Waals surface area contributed by atoms with Gasteiger partial charge in [-0.15, -0.1) is 0 Å². The number of carbonyl (C=O) groups excluding carboxylic acids is 3. The summed E-state index contributed by atoms with van der Waals surface area (Å²) in [7, 11) is 0. The van der Waals surface area contributed by atoms with E-state index in [0.29, 0.717) is 13.0 Å². The highest BCUT2D eigenvalue weighted by Crippen LogP contribution is 2.13. The Morgan fingerprint density at radius 2 is 1.71 bits per heavy atom. The van der Waals surface area contributed by atoms with Crippen LogP contribution in [0.25, 0.3) is 0 Å². The van der Waals surface area contributed by atoms with E-state index in [4.69, 9.17) is 4.74 Å². The van der Waals surface area contributed by atoms with Gasteiger partial charge in [-0.25, -0.2) is 4.79 Å². The van der Waals surface area contributed by atoms with Gasteiger partial charge in [-0.3, -0.25) is 9.59 Å². The molecule has 0 saturated carbocycles. The number of carbonyl (C=O) groups is 3. The molecular weight excluding hydrogens is 360 g/mol. The average Bonchev–Trinajstić information content (AvgIpc) is 2.61. The summed E-state index contributed by atoms with van der Waals surface area (Å²) in [5.41, 5.74) is 0.774. The Labute approximate surface area is 166 Å². The van der Waals surface area contributed by atoms with Crippen LogP contribution in [0.4, 0.5) is 0 Å². The number of unbranched alkanes of at least 4 members (excludes halogenated alkanes) is 1. The van der Waals surface area contributed by atoms with Crippen LogP contribution >= 0.6 is 0 Å². The number of benzene rings is 1. The number of aromatic hydroxyl groups is 1. The topological polar surface area (TPSA) is 105 Å². The van der Waals surface area contributed by atoms with Crippen LogP contribution in [0, 0.1) is 5.92 Å². The van der Waals surface area contributed by atoms with Crippen molar-refractivity contribution in [2.45, 2.75) is 65.5 Å². The van der Waals surface area contributed by atoms with E-state index in [1.165, 1.54) is 19.1 Å². The Hall–Kier alpha value is -2.57. The molecule has 2 atom stereocenters. The van der Waals surface area contributed by atoms with Crippen LogP contribution < -0.4 is 10.6 Å². The van der Waals surface area contributed by atoms with E-state index in [9.17, 15) is 19.5 Å². The molecule has 1 aromatic carbocycles. The molecule has 2 unspecified atom stereocenters. The van der Waals surface area contributed by atoms with E-state index in [1.54, 1.807) is 12.1 Å². The number of hydrogen-bond donors (Lipinski definition) is 3. The smallest absolute Gasteiger partial charge is 0.328 e. The predicted octanol–water partition coefficient (Wildman–Crippen LogP) is 2.31. The van der Waals surface area contributed by atoms with Crippen LogP contribution in [-0.2, 0) is 25.5 Å². The molecule has 0 bridgehead atoms. The Bertz CT molecular complexity index is 643. The van der Waals surface area contributed by atoms with Gasteiger partial charge in [0.25, 0.3) is 0 Å². The summed E-state index contributed by atoms with van der Waals surface area (Å²) in [5.74, 6) is -0.922. The first-order valence-corrected chi connectivity index (χ1v) is 9.74. The highest BCUT2D eigenvalue weighted by atomic mass is 16.5. The number of ether oxygens (including phenoxy) is 1. The van der Waals surface area contributed by atoms with Gasteiger partial charge in [-0.1, -0.05) is 39.3 Å². The van der Waals surface area contributed by atoms with Gasteiger partial charge >= 0.3 is 5.97 Å². The standard InChI is InChI=1S/C21H32N2O5/c1-5-6-11-28-21(27)19(13-16-7-9-17(25)10-8-16)23-20(26)18(12-14(2)3)22-15(4)24/h7-10,14,18-19,25H,5-6,11-13H2,1-4H3,(H,22,24)(H,23,26). The molecule has 156 valence electrons. The summed E-state index contributed by atoms with van der Waals surface area (Å²) in [6.07, 6.45) is 2.32. The fourth-order valence-corrected chi connectivity index (χ4v) is 2.70. The van der Waals surface area contributed by atoms with Crippen LogP contribution in [0.5, 0.6) is 5.75 Å². The average molecular weight is 392 g/mol. The van der Waals surface area contributed by atoms with E-state index in [-0.39, 0.29) is 24.0 Å². The Morgan fingerprint density at radius 1 is 1.07 bits per heavy atom. The molecule has 7 nitrogen and oxygen atoms in total. The van der Waals surface area contributed by atoms with Gasteiger partial charge in [-0.05, 0) is 36.5 Å². The fraction of sp³-hybridized carbons (Fsp3) is 0.571. The minimum absolute atomic E-state index is 0.123. The monoisotopic (exact) mass is 392 g/mol. The summed E-state index contributed by atoms with van der Waals surface area (Å²) in [6.45, 7) is 7.55. The summed E-state index contributed by atoms with van der Waals surface area (Å²) >= 11 is 0. The van der Waals surface area contributed by atoms with Gasteiger partial charge in [0, 0.05) is 13.3 Å². The third-order valence-electron chi connectivity index (χ3n) is 4.12. The molecular formula is C21H32N2O5. The van der Waals surface area contributed by atoms with Crippen molar-refractivity contribution in [1.29, 1.82) is 0 Å². The highest BCUT2D eigenvalue weighted by Gasteiger charge is 2.28. The van der Waals surface area contributed by atoms with Crippen molar-refractivity contribution in [2.75, 3.05) is 6.61 Å². The SMILES string of the molecule is CCCCOC(=O)C(Cc1ccc(O)cc1)NC(=O)C(CC(C)C)NC(C)=O. The second kappa shape index (κ2) is 12.0. The predicted molar refractivity (Wildman–Crippen MR) is 107 cm³/mol. The van der Waals surface area contributed by atoms with Gasteiger partial charge in [0.15, 0.2) is 0 Å². The molecule has 0 saturated heterocycles. The number of rotatable bonds is 11. The summed E-state index contributed by atoms with van der Waals surface area (Å²) < 4.78 is 5.29. The maximum Gasteiger partial charge on any atom is 0.328 e. The van der Waals surface area contributed by atoms with Crippen LogP contribution in [0.15, 0.2) is 24.3 Å². The molecule has 0 aliphatic carbocycles. The van der Waals surface area contributed by atoms with Crippen LogP contribution in [0.3, 0.4) is 0 Å². The molecule has 0 aromatic heterocycles. The molecule has 0 radical (unpaired) electrons.